The van der Waals surface area contributed by atoms with Crippen LogP contribution in [0.15, 0.2) is 0 Å². The molecule has 1 aliphatic heterocycles. The number of carbonyl (C=O) groups is 2. The number of hydrogen-bond acceptors (Lipinski definition) is 4. The molecule has 104 valence electrons. The Bertz CT molecular complexity index is 288. The fraction of sp³-hybridized carbons (Fsp3) is 0.833. The van der Waals surface area contributed by atoms with Crippen molar-refractivity contribution in [3.8, 4) is 0 Å². The Balaban J connectivity index is 2.31. The molecule has 6 heteroatoms. The minimum Gasteiger partial charge on any atom is -0.449 e. The van der Waals surface area contributed by atoms with Crippen LogP contribution in [0.5, 0.6) is 0 Å². The van der Waals surface area contributed by atoms with Gasteiger partial charge in [-0.25, -0.2) is 4.79 Å². The van der Waals surface area contributed by atoms with Crippen LogP contribution in [0, 0.1) is 5.92 Å². The molecule has 0 atom stereocenters. The lowest BCUT2D eigenvalue weighted by atomic mass is 10.2. The van der Waals surface area contributed by atoms with Crippen LogP contribution in [0.1, 0.15) is 13.8 Å². The smallest absolute Gasteiger partial charge is 0.409 e. The fourth-order valence-corrected chi connectivity index (χ4v) is 1.63. The highest BCUT2D eigenvalue weighted by atomic mass is 16.6. The average Bonchev–Trinajstić information content (AvgIpc) is 2.36. The van der Waals surface area contributed by atoms with Crippen molar-refractivity contribution < 1.29 is 14.3 Å². The average molecular weight is 257 g/mol. The molecule has 0 aromatic carbocycles. The molecule has 1 saturated heterocycles. The topological polar surface area (TPSA) is 61.9 Å². The highest BCUT2D eigenvalue weighted by molar-refractivity contribution is 5.82. The molecule has 0 aromatic rings. The van der Waals surface area contributed by atoms with E-state index in [1.165, 1.54) is 4.90 Å². The van der Waals surface area contributed by atoms with Crippen molar-refractivity contribution in [2.24, 2.45) is 5.92 Å². The third-order valence-corrected chi connectivity index (χ3v) is 2.69. The lowest BCUT2D eigenvalue weighted by molar-refractivity contribution is -0.132. The molecule has 18 heavy (non-hydrogen) atoms. The number of piperazine rings is 1. The molecule has 1 aliphatic rings. The van der Waals surface area contributed by atoms with E-state index < -0.39 is 6.09 Å². The van der Waals surface area contributed by atoms with Crippen molar-refractivity contribution in [2.75, 3.05) is 46.4 Å². The van der Waals surface area contributed by atoms with Gasteiger partial charge in [-0.2, -0.15) is 0 Å². The lowest BCUT2D eigenvalue weighted by Crippen LogP contribution is -2.49. The Labute approximate surface area is 108 Å². The molecule has 1 fully saturated rings. The number of likely N-dealkylation sites (N-methyl/N-ethyl adjacent to an activating group) is 1. The monoisotopic (exact) mass is 257 g/mol. The minimum absolute atomic E-state index is 0.0273. The van der Waals surface area contributed by atoms with Gasteiger partial charge in [-0.15, -0.1) is 0 Å². The summed E-state index contributed by atoms with van der Waals surface area (Å²) in [7, 11) is 1.59. The molecule has 0 unspecified atom stereocenters. The highest BCUT2D eigenvalue weighted by Crippen LogP contribution is 1.99. The molecule has 1 N–H and O–H groups in total. The van der Waals surface area contributed by atoms with Crippen LogP contribution in [-0.2, 0) is 9.53 Å². The number of carbonyl (C=O) groups excluding carboxylic acids is 2. The molecular weight excluding hydrogens is 234 g/mol. The molecular formula is C12H23N3O3. The van der Waals surface area contributed by atoms with E-state index in [0.29, 0.717) is 25.6 Å². The van der Waals surface area contributed by atoms with Gasteiger partial charge in [-0.1, -0.05) is 13.8 Å². The maximum absolute atomic E-state index is 11.9. The zero-order chi connectivity index (χ0) is 13.5. The van der Waals surface area contributed by atoms with Crippen molar-refractivity contribution in [3.63, 3.8) is 0 Å². The zero-order valence-electron chi connectivity index (χ0n) is 11.4. The molecule has 6 nitrogen and oxygen atoms in total. The number of ether oxygens (including phenoxy) is 1. The van der Waals surface area contributed by atoms with Gasteiger partial charge in [-0.3, -0.25) is 4.79 Å². The molecule has 1 rings (SSSR count). The van der Waals surface area contributed by atoms with Crippen LogP contribution in [0.3, 0.4) is 0 Å². The van der Waals surface area contributed by atoms with E-state index in [2.05, 4.69) is 5.32 Å². The van der Waals surface area contributed by atoms with Crippen LogP contribution in [0.4, 0.5) is 4.79 Å². The van der Waals surface area contributed by atoms with Crippen molar-refractivity contribution in [1.82, 2.24) is 15.1 Å². The molecule has 0 bridgehead atoms. The maximum Gasteiger partial charge on any atom is 0.409 e. The van der Waals surface area contributed by atoms with Gasteiger partial charge in [0, 0.05) is 33.2 Å². The lowest BCUT2D eigenvalue weighted by Gasteiger charge is -2.29. The number of rotatable bonds is 4. The largest absolute Gasteiger partial charge is 0.449 e. The molecule has 1 heterocycles. The summed E-state index contributed by atoms with van der Waals surface area (Å²) in [4.78, 5) is 26.6. The first-order valence-corrected chi connectivity index (χ1v) is 6.37. The van der Waals surface area contributed by atoms with Gasteiger partial charge >= 0.3 is 6.09 Å². The summed E-state index contributed by atoms with van der Waals surface area (Å²) in [5.41, 5.74) is 0. The Hall–Kier alpha value is -1.30. The predicted octanol–water partition coefficient (Wildman–Crippen LogP) is 0.143. The van der Waals surface area contributed by atoms with E-state index in [-0.39, 0.29) is 12.5 Å². The first-order chi connectivity index (χ1) is 8.50. The highest BCUT2D eigenvalue weighted by Gasteiger charge is 2.20. The van der Waals surface area contributed by atoms with E-state index in [1.807, 2.05) is 13.8 Å². The van der Waals surface area contributed by atoms with Gasteiger partial charge in [0.05, 0.1) is 6.61 Å². The van der Waals surface area contributed by atoms with Gasteiger partial charge in [0.15, 0.2) is 0 Å². The Kier molecular flexibility index (Phi) is 5.91. The van der Waals surface area contributed by atoms with E-state index >= 15 is 0 Å². The molecule has 0 spiro atoms. The van der Waals surface area contributed by atoms with Gasteiger partial charge in [0.2, 0.25) is 5.91 Å². The molecule has 0 aromatic heterocycles. The summed E-state index contributed by atoms with van der Waals surface area (Å²) in [5.74, 6) is 0.270. The minimum atomic E-state index is -0.438. The number of amides is 2. The van der Waals surface area contributed by atoms with Crippen molar-refractivity contribution in [3.05, 3.63) is 0 Å². The summed E-state index contributed by atoms with van der Waals surface area (Å²) in [6, 6.07) is 0. The SMILES string of the molecule is CC(C)COC(=O)N(C)CC(=O)N1CCNCC1. The summed E-state index contributed by atoms with van der Waals surface area (Å²) >= 11 is 0. The van der Waals surface area contributed by atoms with Crippen molar-refractivity contribution in [2.45, 2.75) is 13.8 Å². The van der Waals surface area contributed by atoms with Gasteiger partial charge in [0.25, 0.3) is 0 Å². The van der Waals surface area contributed by atoms with Crippen LogP contribution in [0.25, 0.3) is 0 Å². The second kappa shape index (κ2) is 7.20. The number of nitrogens with zero attached hydrogens (tertiary/aromatic N) is 2. The Morgan fingerprint density at radius 3 is 2.50 bits per heavy atom. The Morgan fingerprint density at radius 1 is 1.33 bits per heavy atom. The van der Waals surface area contributed by atoms with Gasteiger partial charge in [0.1, 0.15) is 6.54 Å². The normalized spacial score (nSPS) is 15.7. The summed E-state index contributed by atoms with van der Waals surface area (Å²) in [6.45, 7) is 7.43. The van der Waals surface area contributed by atoms with Gasteiger partial charge < -0.3 is 19.9 Å². The van der Waals surface area contributed by atoms with Gasteiger partial charge in [-0.05, 0) is 5.92 Å². The van der Waals surface area contributed by atoms with Crippen molar-refractivity contribution >= 4 is 12.0 Å². The molecule has 0 radical (unpaired) electrons. The van der Waals surface area contributed by atoms with E-state index in [9.17, 15) is 9.59 Å². The van der Waals surface area contributed by atoms with Crippen molar-refractivity contribution in [1.29, 1.82) is 0 Å². The first kappa shape index (κ1) is 14.8. The first-order valence-electron chi connectivity index (χ1n) is 6.37. The van der Waals surface area contributed by atoms with Crippen LogP contribution >= 0.6 is 0 Å². The van der Waals surface area contributed by atoms with Crippen LogP contribution in [-0.4, -0.2) is 68.2 Å². The van der Waals surface area contributed by atoms with E-state index in [1.54, 1.807) is 11.9 Å². The molecule has 0 saturated carbocycles. The summed E-state index contributed by atoms with van der Waals surface area (Å²) < 4.78 is 5.06. The maximum atomic E-state index is 11.9. The molecule has 2 amide bonds. The zero-order valence-corrected chi connectivity index (χ0v) is 11.4. The third-order valence-electron chi connectivity index (χ3n) is 2.69. The van der Waals surface area contributed by atoms with Crippen LogP contribution in [0.2, 0.25) is 0 Å². The standard InChI is InChI=1S/C12H23N3O3/c1-10(2)9-18-12(17)14(3)8-11(16)15-6-4-13-5-7-15/h10,13H,4-9H2,1-3H3. The van der Waals surface area contributed by atoms with Crippen LogP contribution < -0.4 is 5.32 Å². The predicted molar refractivity (Wildman–Crippen MR) is 68.3 cm³/mol. The van der Waals surface area contributed by atoms with E-state index in [0.717, 1.165) is 13.1 Å². The second-order valence-corrected chi connectivity index (χ2v) is 4.96. The number of hydrogen-bond donors (Lipinski definition) is 1. The van der Waals surface area contributed by atoms with E-state index in [4.69, 9.17) is 4.74 Å². The summed E-state index contributed by atoms with van der Waals surface area (Å²) in [5, 5.41) is 3.18. The third kappa shape index (κ3) is 4.91. The quantitative estimate of drug-likeness (QED) is 0.778. The number of nitrogens with one attached hydrogen (secondary N) is 1. The summed E-state index contributed by atoms with van der Waals surface area (Å²) in [6.07, 6.45) is -0.438. The Morgan fingerprint density at radius 2 is 1.94 bits per heavy atom. The second-order valence-electron chi connectivity index (χ2n) is 4.96. The fourth-order valence-electron chi connectivity index (χ4n) is 1.63. The molecule has 0 aliphatic carbocycles.